The lowest BCUT2D eigenvalue weighted by molar-refractivity contribution is -0.142. The third-order valence-corrected chi connectivity index (χ3v) is 8.85. The summed E-state index contributed by atoms with van der Waals surface area (Å²) in [6.07, 6.45) is 8.76. The van der Waals surface area contributed by atoms with E-state index in [-0.39, 0.29) is 22.8 Å². The molecule has 1 aromatic rings. The molecular formula is C28H38FNO4. The summed E-state index contributed by atoms with van der Waals surface area (Å²) >= 11 is 0. The Bertz CT molecular complexity index is 954. The highest BCUT2D eigenvalue weighted by Gasteiger charge is 2.45. The number of benzene rings is 1. The number of carbonyl (C=O) groups is 2. The van der Waals surface area contributed by atoms with Crippen LogP contribution in [-0.4, -0.2) is 41.1 Å². The van der Waals surface area contributed by atoms with Crippen molar-refractivity contribution in [3.05, 3.63) is 29.1 Å². The van der Waals surface area contributed by atoms with Crippen molar-refractivity contribution in [3.63, 3.8) is 0 Å². The van der Waals surface area contributed by atoms with Gasteiger partial charge in [-0.05, 0) is 92.6 Å². The van der Waals surface area contributed by atoms with Crippen molar-refractivity contribution in [2.24, 2.45) is 29.1 Å². The quantitative estimate of drug-likeness (QED) is 0.563. The number of hydrogen-bond donors (Lipinski definition) is 1. The number of halogens is 1. The van der Waals surface area contributed by atoms with Gasteiger partial charge in [0.15, 0.2) is 0 Å². The van der Waals surface area contributed by atoms with Gasteiger partial charge in [-0.2, -0.15) is 0 Å². The van der Waals surface area contributed by atoms with E-state index < -0.39 is 23.7 Å². The number of hydrogen-bond acceptors (Lipinski definition) is 3. The number of ether oxygens (including phenoxy) is 1. The van der Waals surface area contributed by atoms with Gasteiger partial charge < -0.3 is 14.7 Å². The first-order chi connectivity index (χ1) is 16.2. The predicted molar refractivity (Wildman–Crippen MR) is 127 cm³/mol. The van der Waals surface area contributed by atoms with E-state index in [4.69, 9.17) is 4.74 Å². The Hall–Kier alpha value is -2.11. The molecule has 1 aliphatic heterocycles. The largest absolute Gasteiger partial charge is 0.493 e. The average Bonchev–Trinajstić information content (AvgIpc) is 3.51. The number of carboxylic acids is 1. The van der Waals surface area contributed by atoms with Gasteiger partial charge in [0.05, 0.1) is 12.2 Å². The van der Waals surface area contributed by atoms with Crippen molar-refractivity contribution in [1.29, 1.82) is 0 Å². The number of carboxylic acid groups (broad SMARTS) is 1. The van der Waals surface area contributed by atoms with Gasteiger partial charge in [0.25, 0.3) is 5.91 Å². The van der Waals surface area contributed by atoms with Crippen LogP contribution in [-0.2, 0) is 4.79 Å². The molecule has 34 heavy (non-hydrogen) atoms. The summed E-state index contributed by atoms with van der Waals surface area (Å²) in [5.74, 6) is 0.707. The molecule has 4 atom stereocenters. The highest BCUT2D eigenvalue weighted by atomic mass is 19.1. The first-order valence-corrected chi connectivity index (χ1v) is 13.2. The van der Waals surface area contributed by atoms with E-state index in [1.165, 1.54) is 30.2 Å². The van der Waals surface area contributed by atoms with Crippen LogP contribution in [0.25, 0.3) is 0 Å². The summed E-state index contributed by atoms with van der Waals surface area (Å²) in [5, 5.41) is 9.61. The van der Waals surface area contributed by atoms with Gasteiger partial charge >= 0.3 is 5.97 Å². The van der Waals surface area contributed by atoms with Crippen LogP contribution >= 0.6 is 0 Å². The van der Waals surface area contributed by atoms with Crippen LogP contribution in [0.15, 0.2) is 12.1 Å². The van der Waals surface area contributed by atoms with Crippen LogP contribution in [0.3, 0.4) is 0 Å². The molecule has 2 unspecified atom stereocenters. The first-order valence-electron chi connectivity index (χ1n) is 13.2. The van der Waals surface area contributed by atoms with E-state index in [1.54, 1.807) is 6.07 Å². The second-order valence-electron chi connectivity index (χ2n) is 12.1. The minimum Gasteiger partial charge on any atom is -0.493 e. The minimum atomic E-state index is -1.03. The highest BCUT2D eigenvalue weighted by Crippen LogP contribution is 2.53. The maximum atomic E-state index is 15.3. The van der Waals surface area contributed by atoms with E-state index in [0.29, 0.717) is 37.2 Å². The lowest BCUT2D eigenvalue weighted by atomic mass is 9.57. The number of carbonyl (C=O) groups excluding carboxylic acids is 1. The molecule has 1 N–H and O–H groups in total. The maximum absolute atomic E-state index is 15.3. The smallest absolute Gasteiger partial charge is 0.326 e. The Kier molecular flexibility index (Phi) is 6.14. The lowest BCUT2D eigenvalue weighted by Gasteiger charge is -2.49. The van der Waals surface area contributed by atoms with Crippen molar-refractivity contribution in [1.82, 2.24) is 4.90 Å². The minimum absolute atomic E-state index is 0.0228. The third-order valence-electron chi connectivity index (χ3n) is 8.85. The molecule has 1 amide bonds. The fraction of sp³-hybridized carbons (Fsp3) is 0.714. The Morgan fingerprint density at radius 3 is 2.38 bits per heavy atom. The average molecular weight is 472 g/mol. The molecule has 1 aromatic carbocycles. The van der Waals surface area contributed by atoms with Crippen LogP contribution in [0.5, 0.6) is 5.75 Å². The van der Waals surface area contributed by atoms with Gasteiger partial charge in [-0.1, -0.05) is 20.8 Å². The molecule has 0 radical (unpaired) electrons. The molecular weight excluding hydrogens is 433 g/mol. The van der Waals surface area contributed by atoms with Gasteiger partial charge in [-0.25, -0.2) is 9.18 Å². The van der Waals surface area contributed by atoms with Gasteiger partial charge in [0.2, 0.25) is 0 Å². The molecule has 3 aliphatic carbocycles. The summed E-state index contributed by atoms with van der Waals surface area (Å²) in [6, 6.07) is 2.14. The fourth-order valence-electron chi connectivity index (χ4n) is 7.60. The van der Waals surface area contributed by atoms with E-state index in [1.807, 2.05) is 6.92 Å². The Labute approximate surface area is 202 Å². The fourth-order valence-corrected chi connectivity index (χ4v) is 7.60. The highest BCUT2D eigenvalue weighted by molar-refractivity contribution is 5.97. The second kappa shape index (κ2) is 8.83. The van der Waals surface area contributed by atoms with Gasteiger partial charge in [-0.15, -0.1) is 0 Å². The molecule has 1 heterocycles. The zero-order valence-electron chi connectivity index (χ0n) is 20.7. The monoisotopic (exact) mass is 471 g/mol. The van der Waals surface area contributed by atoms with Crippen molar-refractivity contribution in [3.8, 4) is 5.75 Å². The number of nitrogens with zero attached hydrogens (tertiary/aromatic N) is 1. The number of amides is 1. The SMILES string of the molecule is CC1CC2CC(C)CC(COc3cc(F)c(C(=O)N4CC[C@H](C)[C@H]4C(=O)O)cc3C3CC3)(C1)C2. The number of fused-ring (bicyclic) bond motifs is 2. The van der Waals surface area contributed by atoms with E-state index >= 15 is 4.39 Å². The van der Waals surface area contributed by atoms with Gasteiger partial charge in [0.1, 0.15) is 17.6 Å². The van der Waals surface area contributed by atoms with Crippen LogP contribution in [0, 0.1) is 34.9 Å². The molecule has 0 aromatic heterocycles. The van der Waals surface area contributed by atoms with Gasteiger partial charge in [0, 0.05) is 18.0 Å². The zero-order valence-corrected chi connectivity index (χ0v) is 20.7. The van der Waals surface area contributed by atoms with Crippen LogP contribution in [0.1, 0.15) is 94.0 Å². The van der Waals surface area contributed by atoms with Crippen molar-refractivity contribution in [2.45, 2.75) is 84.1 Å². The summed E-state index contributed by atoms with van der Waals surface area (Å²) in [6.45, 7) is 7.46. The maximum Gasteiger partial charge on any atom is 0.326 e. The Morgan fingerprint density at radius 2 is 1.76 bits per heavy atom. The number of aliphatic carboxylic acids is 1. The molecule has 0 spiro atoms. The van der Waals surface area contributed by atoms with Crippen LogP contribution in [0.4, 0.5) is 4.39 Å². The zero-order chi connectivity index (χ0) is 24.2. The molecule has 186 valence electrons. The second-order valence-corrected chi connectivity index (χ2v) is 12.1. The summed E-state index contributed by atoms with van der Waals surface area (Å²) in [7, 11) is 0. The van der Waals surface area contributed by atoms with Crippen LogP contribution in [0.2, 0.25) is 0 Å². The van der Waals surface area contributed by atoms with E-state index in [9.17, 15) is 14.7 Å². The molecule has 5 nitrogen and oxygen atoms in total. The Balaban J connectivity index is 1.39. The third kappa shape index (κ3) is 4.45. The number of likely N-dealkylation sites (tertiary alicyclic amines) is 1. The number of rotatable bonds is 6. The Morgan fingerprint density at radius 1 is 1.09 bits per heavy atom. The van der Waals surface area contributed by atoms with Crippen molar-refractivity contribution < 1.29 is 23.8 Å². The van der Waals surface area contributed by atoms with Crippen LogP contribution < -0.4 is 4.74 Å². The van der Waals surface area contributed by atoms with E-state index in [0.717, 1.165) is 37.2 Å². The van der Waals surface area contributed by atoms with Crippen molar-refractivity contribution >= 4 is 11.9 Å². The molecule has 4 aliphatic rings. The topological polar surface area (TPSA) is 66.8 Å². The molecule has 5 rings (SSSR count). The summed E-state index contributed by atoms with van der Waals surface area (Å²) in [4.78, 5) is 26.3. The summed E-state index contributed by atoms with van der Waals surface area (Å²) < 4.78 is 21.7. The standard InChI is InChI=1S/C28H38FNO4/c1-16-8-19-9-17(2)13-28(12-16,14-19)15-34-24-11-23(29)22(10-21(24)20-4-5-20)26(31)30-7-6-18(3)25(30)27(32)33/h10-11,16-20,25H,4-9,12-15H2,1-3H3,(H,32,33)/t16?,17?,18-,19?,25-,28?/m0/s1. The molecule has 4 fully saturated rings. The molecule has 6 heteroatoms. The van der Waals surface area contributed by atoms with Gasteiger partial charge in [-0.3, -0.25) is 4.79 Å². The molecule has 1 saturated heterocycles. The predicted octanol–water partition coefficient (Wildman–Crippen LogP) is 5.87. The normalized spacial score (nSPS) is 35.3. The first kappa shape index (κ1) is 23.6. The van der Waals surface area contributed by atoms with Crippen molar-refractivity contribution in [2.75, 3.05) is 13.2 Å². The van der Waals surface area contributed by atoms with E-state index in [2.05, 4.69) is 13.8 Å². The molecule has 3 saturated carbocycles. The summed E-state index contributed by atoms with van der Waals surface area (Å²) in [5.41, 5.74) is 1.04. The molecule has 2 bridgehead atoms. The lowest BCUT2D eigenvalue weighted by Crippen LogP contribution is -2.43.